The molecule has 4 amide bonds. The Balaban J connectivity index is 1.64. The number of urea groups is 1. The Labute approximate surface area is 177 Å². The average Bonchev–Trinajstić information content (AvgIpc) is 3.16. The van der Waals surface area contributed by atoms with Crippen LogP contribution in [0, 0.1) is 0 Å². The maximum Gasteiger partial charge on any atom is 0.331 e. The van der Waals surface area contributed by atoms with Crippen LogP contribution in [0.4, 0.5) is 4.79 Å². The van der Waals surface area contributed by atoms with E-state index in [9.17, 15) is 14.4 Å². The van der Waals surface area contributed by atoms with Gasteiger partial charge in [0.25, 0.3) is 11.8 Å². The number of halogens is 2. The average molecular weight is 433 g/mol. The maximum atomic E-state index is 12.9. The quantitative estimate of drug-likeness (QED) is 0.543. The zero-order valence-electron chi connectivity index (χ0n) is 15.4. The molecule has 0 spiro atoms. The van der Waals surface area contributed by atoms with Gasteiger partial charge in [-0.3, -0.25) is 19.8 Å². The van der Waals surface area contributed by atoms with Crippen LogP contribution in [0.2, 0.25) is 10.0 Å². The smallest absolute Gasteiger partial charge is 0.331 e. The molecule has 6 nitrogen and oxygen atoms in total. The highest BCUT2D eigenvalue weighted by atomic mass is 35.5. The SMILES string of the molecule is O=C1NC(=O)N(C2CCCCC2)C(=O)/C1=C/c1ccc(-c2cccc(Cl)c2Cl)o1. The van der Waals surface area contributed by atoms with Crippen molar-refractivity contribution >= 4 is 47.1 Å². The van der Waals surface area contributed by atoms with Gasteiger partial charge < -0.3 is 4.42 Å². The molecule has 0 atom stereocenters. The van der Waals surface area contributed by atoms with Gasteiger partial charge in [0.15, 0.2) is 0 Å². The molecule has 1 aliphatic heterocycles. The van der Waals surface area contributed by atoms with E-state index in [4.69, 9.17) is 27.6 Å². The summed E-state index contributed by atoms with van der Waals surface area (Å²) in [5.74, 6) is -0.573. The zero-order chi connectivity index (χ0) is 20.5. The Bertz CT molecular complexity index is 1020. The molecule has 8 heteroatoms. The van der Waals surface area contributed by atoms with Crippen molar-refractivity contribution in [3.8, 4) is 11.3 Å². The Hall–Kier alpha value is -2.57. The van der Waals surface area contributed by atoms with E-state index in [2.05, 4.69) is 5.32 Å². The van der Waals surface area contributed by atoms with Crippen molar-refractivity contribution in [2.45, 2.75) is 38.1 Å². The van der Waals surface area contributed by atoms with Gasteiger partial charge in [0.05, 0.1) is 10.0 Å². The lowest BCUT2D eigenvalue weighted by molar-refractivity contribution is -0.132. The van der Waals surface area contributed by atoms with Gasteiger partial charge >= 0.3 is 6.03 Å². The minimum absolute atomic E-state index is 0.131. The molecule has 2 aromatic rings. The van der Waals surface area contributed by atoms with Gasteiger partial charge in [-0.2, -0.15) is 0 Å². The summed E-state index contributed by atoms with van der Waals surface area (Å²) in [5.41, 5.74) is 0.468. The van der Waals surface area contributed by atoms with Crippen molar-refractivity contribution in [3.05, 3.63) is 51.7 Å². The third-order valence-electron chi connectivity index (χ3n) is 5.20. The molecule has 2 fully saturated rings. The molecule has 0 unspecified atom stereocenters. The van der Waals surface area contributed by atoms with Gasteiger partial charge in [-0.15, -0.1) is 0 Å². The van der Waals surface area contributed by atoms with E-state index in [1.54, 1.807) is 30.3 Å². The number of rotatable bonds is 3. The number of nitrogens with zero attached hydrogens (tertiary/aromatic N) is 1. The second kappa shape index (κ2) is 8.05. The molecule has 29 heavy (non-hydrogen) atoms. The monoisotopic (exact) mass is 432 g/mol. The van der Waals surface area contributed by atoms with E-state index < -0.39 is 17.8 Å². The molecule has 150 valence electrons. The molecule has 2 aliphatic rings. The molecule has 1 saturated carbocycles. The van der Waals surface area contributed by atoms with Crippen molar-refractivity contribution in [2.75, 3.05) is 0 Å². The molecule has 0 bridgehead atoms. The Kier molecular flexibility index (Phi) is 5.48. The number of carbonyl (C=O) groups is 3. The topological polar surface area (TPSA) is 79.6 Å². The highest BCUT2D eigenvalue weighted by Gasteiger charge is 2.40. The van der Waals surface area contributed by atoms with Gasteiger partial charge in [0, 0.05) is 11.6 Å². The van der Waals surface area contributed by atoms with Crippen LogP contribution in [0.1, 0.15) is 37.9 Å². The predicted molar refractivity (Wildman–Crippen MR) is 109 cm³/mol. The van der Waals surface area contributed by atoms with Gasteiger partial charge in [-0.1, -0.05) is 48.5 Å². The summed E-state index contributed by atoms with van der Waals surface area (Å²) >= 11 is 12.3. The van der Waals surface area contributed by atoms with Crippen LogP contribution in [-0.4, -0.2) is 28.8 Å². The lowest BCUT2D eigenvalue weighted by atomic mass is 9.93. The molecule has 1 saturated heterocycles. The molecule has 1 aliphatic carbocycles. The van der Waals surface area contributed by atoms with Crippen molar-refractivity contribution < 1.29 is 18.8 Å². The standard InChI is InChI=1S/C21H18Cl2N2O4/c22-16-8-4-7-14(18(16)23)17-10-9-13(29-17)11-15-19(26)24-21(28)25(20(15)27)12-5-2-1-3-6-12/h4,7-12H,1-3,5-6H2,(H,24,26,28)/b15-11+. The first-order chi connectivity index (χ1) is 14.0. The van der Waals surface area contributed by atoms with Gasteiger partial charge in [-0.05, 0) is 43.2 Å². The molecule has 2 heterocycles. The molecule has 1 N–H and O–H groups in total. The summed E-state index contributed by atoms with van der Waals surface area (Å²) in [6.07, 6.45) is 5.84. The summed E-state index contributed by atoms with van der Waals surface area (Å²) in [6, 6.07) is 7.63. The summed E-state index contributed by atoms with van der Waals surface area (Å²) < 4.78 is 5.76. The molecule has 1 aromatic carbocycles. The van der Waals surface area contributed by atoms with Gasteiger partial charge in [0.2, 0.25) is 0 Å². The first kappa shape index (κ1) is 19.7. The van der Waals surface area contributed by atoms with Crippen LogP contribution in [0.25, 0.3) is 17.4 Å². The van der Waals surface area contributed by atoms with Crippen molar-refractivity contribution in [1.29, 1.82) is 0 Å². The summed E-state index contributed by atoms with van der Waals surface area (Å²) in [7, 11) is 0. The minimum Gasteiger partial charge on any atom is -0.457 e. The van der Waals surface area contributed by atoms with Crippen molar-refractivity contribution in [1.82, 2.24) is 10.2 Å². The first-order valence-electron chi connectivity index (χ1n) is 9.40. The van der Waals surface area contributed by atoms with Crippen molar-refractivity contribution in [3.63, 3.8) is 0 Å². The van der Waals surface area contributed by atoms with Crippen LogP contribution < -0.4 is 5.32 Å². The maximum absolute atomic E-state index is 12.9. The summed E-state index contributed by atoms with van der Waals surface area (Å²) in [5, 5.41) is 3.00. The summed E-state index contributed by atoms with van der Waals surface area (Å²) in [6.45, 7) is 0. The third-order valence-corrected chi connectivity index (χ3v) is 6.02. The fourth-order valence-corrected chi connectivity index (χ4v) is 4.15. The number of hydrogen-bond donors (Lipinski definition) is 1. The van der Waals surface area contributed by atoms with Gasteiger partial charge in [0.1, 0.15) is 17.1 Å². The molecule has 4 rings (SSSR count). The van der Waals surface area contributed by atoms with Crippen molar-refractivity contribution in [2.24, 2.45) is 0 Å². The number of amides is 4. The molecule has 1 aromatic heterocycles. The highest BCUT2D eigenvalue weighted by Crippen LogP contribution is 2.35. The zero-order valence-corrected chi connectivity index (χ0v) is 16.9. The number of barbiturate groups is 1. The van der Waals surface area contributed by atoms with Crippen LogP contribution in [0.5, 0.6) is 0 Å². The lowest BCUT2D eigenvalue weighted by Crippen LogP contribution is -2.58. The van der Waals surface area contributed by atoms with Gasteiger partial charge in [-0.25, -0.2) is 4.79 Å². The fraction of sp³-hybridized carbons (Fsp3) is 0.286. The Morgan fingerprint density at radius 3 is 2.55 bits per heavy atom. The van der Waals surface area contributed by atoms with Crippen LogP contribution in [0.3, 0.4) is 0 Å². The molecular weight excluding hydrogens is 415 g/mol. The number of nitrogens with one attached hydrogen (secondary N) is 1. The third kappa shape index (κ3) is 3.82. The number of furan rings is 1. The molecular formula is C21H18Cl2N2O4. The van der Waals surface area contributed by atoms with E-state index >= 15 is 0 Å². The number of carbonyl (C=O) groups excluding carboxylic acids is 3. The summed E-state index contributed by atoms with van der Waals surface area (Å²) in [4.78, 5) is 38.7. The Morgan fingerprint density at radius 2 is 1.79 bits per heavy atom. The second-order valence-electron chi connectivity index (χ2n) is 7.09. The largest absolute Gasteiger partial charge is 0.457 e. The highest BCUT2D eigenvalue weighted by molar-refractivity contribution is 6.43. The van der Waals surface area contributed by atoms with Crippen LogP contribution >= 0.6 is 23.2 Å². The number of imide groups is 2. The van der Waals surface area contributed by atoms with Crippen LogP contribution in [0.15, 0.2) is 40.3 Å². The first-order valence-corrected chi connectivity index (χ1v) is 10.2. The second-order valence-corrected chi connectivity index (χ2v) is 7.87. The van der Waals surface area contributed by atoms with E-state index in [1.165, 1.54) is 11.0 Å². The lowest BCUT2D eigenvalue weighted by Gasteiger charge is -2.35. The number of hydrogen-bond acceptors (Lipinski definition) is 4. The predicted octanol–water partition coefficient (Wildman–Crippen LogP) is 5.05. The fourth-order valence-electron chi connectivity index (χ4n) is 3.75. The van der Waals surface area contributed by atoms with Crippen LogP contribution in [-0.2, 0) is 9.59 Å². The van der Waals surface area contributed by atoms with E-state index in [0.717, 1.165) is 32.1 Å². The van der Waals surface area contributed by atoms with E-state index in [0.29, 0.717) is 27.1 Å². The normalized spacial score (nSPS) is 19.7. The van der Waals surface area contributed by atoms with E-state index in [-0.39, 0.29) is 11.6 Å². The molecule has 0 radical (unpaired) electrons. The minimum atomic E-state index is -0.731. The number of benzene rings is 1. The Morgan fingerprint density at radius 1 is 1.03 bits per heavy atom. The van der Waals surface area contributed by atoms with E-state index in [1.807, 2.05) is 0 Å².